The van der Waals surface area contributed by atoms with Crippen LogP contribution in [0.15, 0.2) is 36.5 Å². The van der Waals surface area contributed by atoms with Gasteiger partial charge in [0.1, 0.15) is 17.5 Å². The number of esters is 1. The summed E-state index contributed by atoms with van der Waals surface area (Å²) in [4.78, 5) is 28.2. The van der Waals surface area contributed by atoms with Crippen molar-refractivity contribution in [2.45, 2.75) is 56.7 Å². The van der Waals surface area contributed by atoms with Crippen LogP contribution >= 0.6 is 8.03 Å². The molecule has 0 fully saturated rings. The first-order chi connectivity index (χ1) is 15.2. The second kappa shape index (κ2) is 9.54. The number of aromatic nitrogens is 1. The van der Waals surface area contributed by atoms with Gasteiger partial charge in [-0.1, -0.05) is 32.4 Å². The molecule has 6 nitrogen and oxygen atoms in total. The number of hydrogen-bond acceptors (Lipinski definition) is 5. The predicted molar refractivity (Wildman–Crippen MR) is 119 cm³/mol. The number of aryl methyl sites for hydroxylation is 2. The van der Waals surface area contributed by atoms with Crippen molar-refractivity contribution in [1.82, 2.24) is 4.98 Å². The van der Waals surface area contributed by atoms with Crippen LogP contribution in [0.3, 0.4) is 0 Å². The Balaban J connectivity index is 2.29. The monoisotopic (exact) mass is 459 g/mol. The third-order valence-corrected chi connectivity index (χ3v) is 8.22. The number of terminal acetylenes is 1. The van der Waals surface area contributed by atoms with Crippen LogP contribution in [0.2, 0.25) is 0 Å². The molecule has 1 aliphatic rings. The zero-order valence-electron chi connectivity index (χ0n) is 18.1. The minimum absolute atomic E-state index is 0.220. The summed E-state index contributed by atoms with van der Waals surface area (Å²) in [5, 5.41) is 9.96. The van der Waals surface area contributed by atoms with Crippen LogP contribution in [-0.2, 0) is 39.0 Å². The molecular weight excluding hydrogens is 432 g/mol. The van der Waals surface area contributed by atoms with Crippen LogP contribution < -0.4 is 0 Å². The average molecular weight is 459 g/mol. The molecule has 170 valence electrons. The first-order valence-electron chi connectivity index (χ1n) is 10.5. The summed E-state index contributed by atoms with van der Waals surface area (Å²) in [6.45, 7) is 3.11. The van der Waals surface area contributed by atoms with Crippen LogP contribution in [0.1, 0.15) is 49.1 Å². The van der Waals surface area contributed by atoms with Gasteiger partial charge in [-0.15, -0.1) is 0 Å². The van der Waals surface area contributed by atoms with Gasteiger partial charge in [0, 0.05) is 23.9 Å². The van der Waals surface area contributed by atoms with Gasteiger partial charge in [0.05, 0.1) is 0 Å². The molecule has 1 aromatic heterocycles. The second-order valence-electron chi connectivity index (χ2n) is 8.48. The van der Waals surface area contributed by atoms with Gasteiger partial charge in [0.25, 0.3) is 0 Å². The van der Waals surface area contributed by atoms with E-state index in [9.17, 15) is 23.7 Å². The smallest absolute Gasteiger partial charge is 0.339 e. The normalized spacial score (nSPS) is 18.0. The maximum absolute atomic E-state index is 13.5. The van der Waals surface area contributed by atoms with Gasteiger partial charge in [-0.3, -0.25) is 9.55 Å². The molecule has 3 unspecified atom stereocenters. The largest absolute Gasteiger partial charge is 0.383 e. The van der Waals surface area contributed by atoms with E-state index in [4.69, 9.17) is 11.2 Å². The van der Waals surface area contributed by atoms with Gasteiger partial charge in [-0.2, -0.15) is 0 Å². The van der Waals surface area contributed by atoms with E-state index in [1.807, 2.05) is 0 Å². The molecular formula is C24H27FNO5P. The molecule has 3 atom stereocenters. The number of aliphatic hydroxyl groups is 1. The predicted octanol–water partition coefficient (Wildman–Crippen LogP) is 3.53. The Morgan fingerprint density at radius 2 is 1.97 bits per heavy atom. The van der Waals surface area contributed by atoms with Gasteiger partial charge in [-0.05, 0) is 60.9 Å². The minimum Gasteiger partial charge on any atom is -0.383 e. The number of fused-ring (bicyclic) bond motifs is 1. The van der Waals surface area contributed by atoms with Crippen molar-refractivity contribution in [2.24, 2.45) is 5.92 Å². The fraction of sp³-hybridized carbons (Fsp3) is 0.417. The molecule has 2 aromatic rings. The number of benzene rings is 1. The summed E-state index contributed by atoms with van der Waals surface area (Å²) in [5.74, 6) is -2.46. The van der Waals surface area contributed by atoms with Crippen LogP contribution in [0.4, 0.5) is 4.39 Å². The van der Waals surface area contributed by atoms with E-state index in [0.29, 0.717) is 5.56 Å². The number of carbonyl (C=O) groups excluding carboxylic acids is 1. The molecule has 0 bridgehead atoms. The Morgan fingerprint density at radius 1 is 1.31 bits per heavy atom. The Morgan fingerprint density at radius 3 is 2.56 bits per heavy atom. The van der Waals surface area contributed by atoms with Crippen LogP contribution in [0.25, 0.3) is 0 Å². The molecule has 2 N–H and O–H groups in total. The highest BCUT2D eigenvalue weighted by atomic mass is 31.1. The summed E-state index contributed by atoms with van der Waals surface area (Å²) in [5.41, 5.74) is 0.317. The molecule has 0 saturated heterocycles. The molecule has 3 rings (SSSR count). The number of pyridine rings is 1. The number of ether oxygens (including phenoxy) is 1. The molecule has 32 heavy (non-hydrogen) atoms. The molecule has 0 aliphatic heterocycles. The van der Waals surface area contributed by atoms with Gasteiger partial charge in [0.2, 0.25) is 8.03 Å². The molecule has 0 saturated carbocycles. The van der Waals surface area contributed by atoms with E-state index in [-0.39, 0.29) is 12.0 Å². The summed E-state index contributed by atoms with van der Waals surface area (Å²) in [7, 11) is -3.78. The third-order valence-electron chi connectivity index (χ3n) is 6.35. The van der Waals surface area contributed by atoms with E-state index in [0.717, 1.165) is 36.9 Å². The molecule has 0 spiro atoms. The van der Waals surface area contributed by atoms with Crippen molar-refractivity contribution in [3.05, 3.63) is 64.7 Å². The van der Waals surface area contributed by atoms with Gasteiger partial charge < -0.3 is 14.7 Å². The fourth-order valence-electron chi connectivity index (χ4n) is 4.71. The summed E-state index contributed by atoms with van der Waals surface area (Å²) in [6.07, 6.45) is 11.7. The minimum atomic E-state index is -3.78. The molecule has 0 radical (unpaired) electrons. The summed E-state index contributed by atoms with van der Waals surface area (Å²) in [6, 6.07) is 7.10. The zero-order chi connectivity index (χ0) is 23.5. The lowest BCUT2D eigenvalue weighted by molar-refractivity contribution is -0.152. The van der Waals surface area contributed by atoms with Crippen LogP contribution in [0.5, 0.6) is 0 Å². The highest BCUT2D eigenvalue weighted by Crippen LogP contribution is 2.55. The SMILES string of the molecule is C#COC(=O)C(C(C)C)([PH](=O)O)C(O)(Cc1ccc(F)cc1)c1cnc2c(c1)CCCC2. The number of halogens is 1. The quantitative estimate of drug-likeness (QED) is 0.374. The Hall–Kier alpha value is -2.52. The standard InChI is InChI=1S/C24H27FNO5P/c1-4-31-22(27)24(16(2)3,32(29)30)23(28,14-17-9-11-20(25)12-10-17)19-13-18-7-5-6-8-21(18)26-15-19/h1,9-13,15-16,28,32H,5-8,14H2,2-3H3,(H,29,30). The molecule has 1 aliphatic carbocycles. The molecule has 0 amide bonds. The van der Waals surface area contributed by atoms with E-state index in [1.165, 1.54) is 30.5 Å². The maximum Gasteiger partial charge on any atom is 0.339 e. The van der Waals surface area contributed by atoms with Crippen LogP contribution in [0, 0.1) is 24.3 Å². The lowest BCUT2D eigenvalue weighted by Gasteiger charge is -2.46. The Labute approximate surface area is 187 Å². The van der Waals surface area contributed by atoms with Crippen molar-refractivity contribution in [3.63, 3.8) is 0 Å². The van der Waals surface area contributed by atoms with E-state index in [2.05, 4.69) is 4.98 Å². The van der Waals surface area contributed by atoms with Gasteiger partial charge >= 0.3 is 5.97 Å². The summed E-state index contributed by atoms with van der Waals surface area (Å²) < 4.78 is 31.2. The van der Waals surface area contributed by atoms with Crippen molar-refractivity contribution >= 4 is 14.0 Å². The van der Waals surface area contributed by atoms with Crippen molar-refractivity contribution < 1.29 is 28.5 Å². The highest BCUT2D eigenvalue weighted by Gasteiger charge is 2.64. The first kappa shape index (κ1) is 24.1. The zero-order valence-corrected chi connectivity index (χ0v) is 19.1. The number of hydrogen-bond donors (Lipinski definition) is 2. The number of nitrogens with zero attached hydrogens (tertiary/aromatic N) is 1. The lowest BCUT2D eigenvalue weighted by atomic mass is 9.71. The first-order valence-corrected chi connectivity index (χ1v) is 11.9. The van der Waals surface area contributed by atoms with Crippen molar-refractivity contribution in [1.29, 1.82) is 0 Å². The van der Waals surface area contributed by atoms with Crippen molar-refractivity contribution in [2.75, 3.05) is 0 Å². The van der Waals surface area contributed by atoms with E-state index < -0.39 is 36.5 Å². The highest BCUT2D eigenvalue weighted by molar-refractivity contribution is 7.41. The Bertz CT molecular complexity index is 1070. The van der Waals surface area contributed by atoms with Crippen molar-refractivity contribution in [3.8, 4) is 12.5 Å². The molecule has 1 heterocycles. The van der Waals surface area contributed by atoms with E-state index >= 15 is 0 Å². The summed E-state index contributed by atoms with van der Waals surface area (Å²) >= 11 is 0. The molecule has 1 aromatic carbocycles. The fourth-order valence-corrected chi connectivity index (χ4v) is 6.01. The second-order valence-corrected chi connectivity index (χ2v) is 9.87. The third kappa shape index (κ3) is 4.11. The Kier molecular flexibility index (Phi) is 7.19. The topological polar surface area (TPSA) is 96.7 Å². The average Bonchev–Trinajstić information content (AvgIpc) is 2.75. The maximum atomic E-state index is 13.5. The van der Waals surface area contributed by atoms with Gasteiger partial charge in [-0.25, -0.2) is 9.18 Å². The lowest BCUT2D eigenvalue weighted by Crippen LogP contribution is -2.59. The number of carbonyl (C=O) groups is 1. The number of rotatable bonds is 7. The van der Waals surface area contributed by atoms with Crippen LogP contribution in [-0.4, -0.2) is 26.1 Å². The molecule has 8 heteroatoms. The van der Waals surface area contributed by atoms with Gasteiger partial charge in [0.15, 0.2) is 5.16 Å². The van der Waals surface area contributed by atoms with E-state index in [1.54, 1.807) is 26.0 Å².